The smallest absolute Gasteiger partial charge is 0.120 e. The van der Waals surface area contributed by atoms with Crippen molar-refractivity contribution in [3.05, 3.63) is 58.7 Å². The first-order valence-corrected chi connectivity index (χ1v) is 12.8. The SMILES string of the molecule is N#Cc1ccc(O)c(CN2CCOCCOCCN(Cc3cc(C#N)ccc3O)CCOCCOCC2)c1. The summed E-state index contributed by atoms with van der Waals surface area (Å²) in [7, 11) is 0. The minimum atomic E-state index is 0.161. The lowest BCUT2D eigenvalue weighted by Gasteiger charge is -2.24. The van der Waals surface area contributed by atoms with Crippen LogP contribution in [0.1, 0.15) is 22.3 Å². The van der Waals surface area contributed by atoms with E-state index in [0.717, 1.165) is 0 Å². The van der Waals surface area contributed by atoms with Gasteiger partial charge >= 0.3 is 0 Å². The highest BCUT2D eigenvalue weighted by Gasteiger charge is 2.13. The maximum Gasteiger partial charge on any atom is 0.120 e. The van der Waals surface area contributed by atoms with Crippen molar-refractivity contribution in [1.29, 1.82) is 10.5 Å². The van der Waals surface area contributed by atoms with E-state index in [1.165, 1.54) is 0 Å². The topological polar surface area (TPSA) is 131 Å². The van der Waals surface area contributed by atoms with Crippen LogP contribution in [0.15, 0.2) is 36.4 Å². The second-order valence-corrected chi connectivity index (χ2v) is 8.91. The molecule has 0 bridgehead atoms. The number of aromatic hydroxyl groups is 2. The van der Waals surface area contributed by atoms with Crippen molar-refractivity contribution >= 4 is 0 Å². The highest BCUT2D eigenvalue weighted by atomic mass is 16.5. The number of hydrogen-bond acceptors (Lipinski definition) is 10. The Morgan fingerprint density at radius 2 is 0.921 bits per heavy atom. The summed E-state index contributed by atoms with van der Waals surface area (Å²) in [4.78, 5) is 4.24. The monoisotopic (exact) mass is 524 g/mol. The number of ether oxygens (including phenoxy) is 4. The average Bonchev–Trinajstić information content (AvgIpc) is 2.92. The number of benzene rings is 2. The van der Waals surface area contributed by atoms with Crippen molar-refractivity contribution in [3.8, 4) is 23.6 Å². The van der Waals surface area contributed by atoms with Crippen LogP contribution in [-0.2, 0) is 32.0 Å². The van der Waals surface area contributed by atoms with Crippen LogP contribution in [0.25, 0.3) is 0 Å². The first-order chi connectivity index (χ1) is 18.6. The molecule has 1 fully saturated rings. The largest absolute Gasteiger partial charge is 0.508 e. The standard InChI is InChI=1S/C28H36N4O6/c29-19-23-1-3-27(33)25(17-23)21-31-5-9-35-13-15-37-11-7-32(8-12-38-16-14-36-10-6-31)22-26-18-24(20-30)2-4-28(26)34/h1-4,17-18,33-34H,5-16,21-22H2. The molecule has 10 nitrogen and oxygen atoms in total. The summed E-state index contributed by atoms with van der Waals surface area (Å²) < 4.78 is 23.1. The zero-order chi connectivity index (χ0) is 27.0. The summed E-state index contributed by atoms with van der Waals surface area (Å²) in [5.74, 6) is 0.322. The van der Waals surface area contributed by atoms with Gasteiger partial charge < -0.3 is 29.2 Å². The van der Waals surface area contributed by atoms with Gasteiger partial charge in [-0.2, -0.15) is 10.5 Å². The Balaban J connectivity index is 1.51. The molecule has 2 aromatic carbocycles. The van der Waals surface area contributed by atoms with Crippen LogP contribution >= 0.6 is 0 Å². The zero-order valence-electron chi connectivity index (χ0n) is 21.7. The van der Waals surface area contributed by atoms with Gasteiger partial charge in [0.05, 0.1) is 76.1 Å². The summed E-state index contributed by atoms with van der Waals surface area (Å²) in [5.41, 5.74) is 2.39. The van der Waals surface area contributed by atoms with Crippen LogP contribution in [0.2, 0.25) is 0 Å². The van der Waals surface area contributed by atoms with Crippen LogP contribution in [0, 0.1) is 22.7 Å². The van der Waals surface area contributed by atoms with E-state index in [9.17, 15) is 20.7 Å². The first-order valence-electron chi connectivity index (χ1n) is 12.8. The maximum atomic E-state index is 10.2. The Kier molecular flexibility index (Phi) is 12.8. The van der Waals surface area contributed by atoms with Crippen molar-refractivity contribution in [2.75, 3.05) is 79.0 Å². The van der Waals surface area contributed by atoms with Crippen molar-refractivity contribution in [1.82, 2.24) is 9.80 Å². The lowest BCUT2D eigenvalue weighted by molar-refractivity contribution is 0.00611. The lowest BCUT2D eigenvalue weighted by Crippen LogP contribution is -2.32. The lowest BCUT2D eigenvalue weighted by atomic mass is 10.1. The molecule has 1 aliphatic rings. The number of nitrogens with zero attached hydrogens (tertiary/aromatic N) is 4. The molecule has 0 aliphatic carbocycles. The van der Waals surface area contributed by atoms with Gasteiger partial charge in [-0.25, -0.2) is 0 Å². The fraction of sp³-hybridized carbons (Fsp3) is 0.500. The van der Waals surface area contributed by atoms with Gasteiger partial charge in [-0.1, -0.05) is 0 Å². The molecule has 1 saturated heterocycles. The quantitative estimate of drug-likeness (QED) is 0.614. The molecular weight excluding hydrogens is 488 g/mol. The molecule has 1 aliphatic heterocycles. The minimum absolute atomic E-state index is 0.161. The van der Waals surface area contributed by atoms with E-state index in [-0.39, 0.29) is 11.5 Å². The molecule has 38 heavy (non-hydrogen) atoms. The summed E-state index contributed by atoms with van der Waals surface area (Å²) in [6.07, 6.45) is 0. The molecule has 0 spiro atoms. The van der Waals surface area contributed by atoms with E-state index in [4.69, 9.17) is 18.9 Å². The predicted octanol–water partition coefficient (Wildman–Crippen LogP) is 2.23. The zero-order valence-corrected chi connectivity index (χ0v) is 21.7. The molecule has 1 heterocycles. The van der Waals surface area contributed by atoms with E-state index in [1.54, 1.807) is 36.4 Å². The Morgan fingerprint density at radius 1 is 0.579 bits per heavy atom. The Bertz CT molecular complexity index is 978. The van der Waals surface area contributed by atoms with Gasteiger partial charge in [0.15, 0.2) is 0 Å². The number of nitriles is 2. The Morgan fingerprint density at radius 3 is 1.24 bits per heavy atom. The minimum Gasteiger partial charge on any atom is -0.508 e. The average molecular weight is 525 g/mol. The number of phenols is 2. The highest BCUT2D eigenvalue weighted by molar-refractivity contribution is 5.42. The molecule has 0 saturated carbocycles. The van der Waals surface area contributed by atoms with Gasteiger partial charge in [0.1, 0.15) is 11.5 Å². The van der Waals surface area contributed by atoms with Gasteiger partial charge in [0.25, 0.3) is 0 Å². The molecule has 2 aromatic rings. The fourth-order valence-electron chi connectivity index (χ4n) is 4.00. The first kappa shape index (κ1) is 29.3. The van der Waals surface area contributed by atoms with Gasteiger partial charge in [-0.05, 0) is 36.4 Å². The fourth-order valence-corrected chi connectivity index (χ4v) is 4.00. The van der Waals surface area contributed by atoms with Crippen molar-refractivity contribution in [3.63, 3.8) is 0 Å². The van der Waals surface area contributed by atoms with Crippen LogP contribution in [-0.4, -0.2) is 99.0 Å². The summed E-state index contributed by atoms with van der Waals surface area (Å²) in [5, 5.41) is 38.8. The van der Waals surface area contributed by atoms with E-state index in [2.05, 4.69) is 21.9 Å². The summed E-state index contributed by atoms with van der Waals surface area (Å²) >= 11 is 0. The van der Waals surface area contributed by atoms with Crippen molar-refractivity contribution in [2.24, 2.45) is 0 Å². The third-order valence-electron chi connectivity index (χ3n) is 6.16. The molecule has 10 heteroatoms. The molecule has 0 amide bonds. The summed E-state index contributed by atoms with van der Waals surface area (Å²) in [6.45, 7) is 7.26. The maximum absolute atomic E-state index is 10.2. The molecule has 3 rings (SSSR count). The molecule has 0 atom stereocenters. The van der Waals surface area contributed by atoms with Crippen molar-refractivity contribution in [2.45, 2.75) is 13.1 Å². The van der Waals surface area contributed by atoms with E-state index >= 15 is 0 Å². The van der Waals surface area contributed by atoms with Crippen molar-refractivity contribution < 1.29 is 29.2 Å². The van der Waals surface area contributed by atoms with Gasteiger partial charge in [-0.15, -0.1) is 0 Å². The van der Waals surface area contributed by atoms with Crippen LogP contribution in [0.5, 0.6) is 11.5 Å². The molecular formula is C28H36N4O6. The van der Waals surface area contributed by atoms with E-state index in [1.807, 2.05) is 0 Å². The normalized spacial score (nSPS) is 18.1. The van der Waals surface area contributed by atoms with Gasteiger partial charge in [-0.3, -0.25) is 9.80 Å². The van der Waals surface area contributed by atoms with Crippen LogP contribution in [0.4, 0.5) is 0 Å². The van der Waals surface area contributed by atoms with E-state index < -0.39 is 0 Å². The second-order valence-electron chi connectivity index (χ2n) is 8.91. The molecule has 2 N–H and O–H groups in total. The third kappa shape index (κ3) is 10.3. The van der Waals surface area contributed by atoms with Crippen LogP contribution < -0.4 is 0 Å². The second kappa shape index (κ2) is 16.6. The highest BCUT2D eigenvalue weighted by Crippen LogP contribution is 2.21. The van der Waals surface area contributed by atoms with Gasteiger partial charge in [0.2, 0.25) is 0 Å². The van der Waals surface area contributed by atoms with Crippen LogP contribution in [0.3, 0.4) is 0 Å². The number of phenolic OH excluding ortho intramolecular Hbond substituents is 2. The molecule has 0 unspecified atom stereocenters. The summed E-state index contributed by atoms with van der Waals surface area (Å²) in [6, 6.07) is 13.9. The van der Waals surface area contributed by atoms with Gasteiger partial charge in [0, 0.05) is 50.4 Å². The number of hydrogen-bond donors (Lipinski definition) is 2. The van der Waals surface area contributed by atoms with E-state index in [0.29, 0.717) is 114 Å². The predicted molar refractivity (Wildman–Crippen MR) is 139 cm³/mol. The Hall–Kier alpha value is -3.22. The molecule has 0 aromatic heterocycles. The molecule has 204 valence electrons. The third-order valence-corrected chi connectivity index (χ3v) is 6.16. The number of rotatable bonds is 4. The Labute approximate surface area is 224 Å². The molecule has 0 radical (unpaired) electrons.